The van der Waals surface area contributed by atoms with Gasteiger partial charge in [-0.2, -0.15) is 0 Å². The average Bonchev–Trinajstić information content (AvgIpc) is 2.61. The Hall–Kier alpha value is -2.43. The van der Waals surface area contributed by atoms with Gasteiger partial charge in [-0.05, 0) is 42.0 Å². The number of anilines is 1. The van der Waals surface area contributed by atoms with Gasteiger partial charge >= 0.3 is 0 Å². The van der Waals surface area contributed by atoms with Gasteiger partial charge in [0.25, 0.3) is 0 Å². The minimum absolute atomic E-state index is 0.00826. The normalized spacial score (nSPS) is 16.4. The standard InChI is InChI=1S/C20H20F2N2O/c21-17-10-15-6-3-8-24(20(15)18(22)11-17)13-19(25)23-9-7-14-4-1-2-5-16(14)12-23/h1-2,4-5,10-11H,3,6-9,12-13H2. The Morgan fingerprint density at radius 2 is 1.80 bits per heavy atom. The Bertz CT molecular complexity index is 821. The molecule has 0 saturated heterocycles. The van der Waals surface area contributed by atoms with Gasteiger partial charge in [0.15, 0.2) is 0 Å². The second-order valence-electron chi connectivity index (χ2n) is 6.75. The molecule has 25 heavy (non-hydrogen) atoms. The molecule has 0 fully saturated rings. The molecule has 0 N–H and O–H groups in total. The summed E-state index contributed by atoms with van der Waals surface area (Å²) < 4.78 is 27.7. The van der Waals surface area contributed by atoms with Crippen molar-refractivity contribution in [3.63, 3.8) is 0 Å². The van der Waals surface area contributed by atoms with E-state index in [9.17, 15) is 13.6 Å². The zero-order chi connectivity index (χ0) is 17.4. The second-order valence-corrected chi connectivity index (χ2v) is 6.75. The fourth-order valence-corrected chi connectivity index (χ4v) is 3.87. The predicted octanol–water partition coefficient (Wildman–Crippen LogP) is 3.30. The summed E-state index contributed by atoms with van der Waals surface area (Å²) in [4.78, 5) is 16.3. The highest BCUT2D eigenvalue weighted by atomic mass is 19.1. The Labute approximate surface area is 145 Å². The quantitative estimate of drug-likeness (QED) is 0.836. The van der Waals surface area contributed by atoms with Gasteiger partial charge in [0.1, 0.15) is 11.6 Å². The van der Waals surface area contributed by atoms with E-state index >= 15 is 0 Å². The number of rotatable bonds is 2. The van der Waals surface area contributed by atoms with Gasteiger partial charge in [0, 0.05) is 25.7 Å². The third-order valence-electron chi connectivity index (χ3n) is 5.11. The smallest absolute Gasteiger partial charge is 0.242 e. The van der Waals surface area contributed by atoms with Crippen molar-refractivity contribution < 1.29 is 13.6 Å². The van der Waals surface area contributed by atoms with E-state index in [4.69, 9.17) is 0 Å². The number of carbonyl (C=O) groups excluding carboxylic acids is 1. The van der Waals surface area contributed by atoms with Crippen LogP contribution < -0.4 is 4.90 Å². The molecule has 0 aromatic heterocycles. The predicted molar refractivity (Wildman–Crippen MR) is 92.5 cm³/mol. The molecule has 2 aromatic carbocycles. The van der Waals surface area contributed by atoms with Crippen LogP contribution in [0, 0.1) is 11.6 Å². The van der Waals surface area contributed by atoms with Gasteiger partial charge in [-0.25, -0.2) is 8.78 Å². The molecule has 2 aliphatic rings. The van der Waals surface area contributed by atoms with Crippen LogP contribution in [0.25, 0.3) is 0 Å². The summed E-state index contributed by atoms with van der Waals surface area (Å²) in [7, 11) is 0. The molecule has 5 heteroatoms. The lowest BCUT2D eigenvalue weighted by atomic mass is 9.99. The summed E-state index contributed by atoms with van der Waals surface area (Å²) in [5.41, 5.74) is 3.50. The molecule has 130 valence electrons. The van der Waals surface area contributed by atoms with E-state index in [0.717, 1.165) is 18.9 Å². The number of hydrogen-bond donors (Lipinski definition) is 0. The number of hydrogen-bond acceptors (Lipinski definition) is 2. The first kappa shape index (κ1) is 16.1. The van der Waals surface area contributed by atoms with Crippen molar-refractivity contribution in [1.29, 1.82) is 0 Å². The molecule has 3 nitrogen and oxygen atoms in total. The highest BCUT2D eigenvalue weighted by Crippen LogP contribution is 2.31. The first-order valence-electron chi connectivity index (χ1n) is 8.69. The molecule has 0 unspecified atom stereocenters. The van der Waals surface area contributed by atoms with Gasteiger partial charge in [0.2, 0.25) is 5.91 Å². The van der Waals surface area contributed by atoms with E-state index in [0.29, 0.717) is 37.3 Å². The molecule has 0 aliphatic carbocycles. The van der Waals surface area contributed by atoms with Crippen molar-refractivity contribution in [2.24, 2.45) is 0 Å². The highest BCUT2D eigenvalue weighted by Gasteiger charge is 2.27. The van der Waals surface area contributed by atoms with Crippen LogP contribution in [0.1, 0.15) is 23.1 Å². The van der Waals surface area contributed by atoms with Crippen molar-refractivity contribution in [3.8, 4) is 0 Å². The Kier molecular flexibility index (Phi) is 4.15. The lowest BCUT2D eigenvalue weighted by molar-refractivity contribution is -0.130. The van der Waals surface area contributed by atoms with Crippen LogP contribution >= 0.6 is 0 Å². The van der Waals surface area contributed by atoms with Gasteiger partial charge in [0.05, 0.1) is 12.2 Å². The molecular weight excluding hydrogens is 322 g/mol. The molecule has 1 amide bonds. The number of amides is 1. The third-order valence-corrected chi connectivity index (χ3v) is 5.11. The van der Waals surface area contributed by atoms with Crippen molar-refractivity contribution in [2.45, 2.75) is 25.8 Å². The number of nitrogens with zero attached hydrogens (tertiary/aromatic N) is 2. The minimum Gasteiger partial charge on any atom is -0.360 e. The van der Waals surface area contributed by atoms with Crippen LogP contribution in [-0.2, 0) is 24.2 Å². The van der Waals surface area contributed by atoms with Crippen LogP contribution in [0.2, 0.25) is 0 Å². The lowest BCUT2D eigenvalue weighted by Crippen LogP contribution is -2.44. The highest BCUT2D eigenvalue weighted by molar-refractivity contribution is 5.82. The van der Waals surface area contributed by atoms with Gasteiger partial charge in [-0.1, -0.05) is 24.3 Å². The molecular formula is C20H20F2N2O. The fraction of sp³-hybridized carbons (Fsp3) is 0.350. The summed E-state index contributed by atoms with van der Waals surface area (Å²) in [5, 5.41) is 0. The molecule has 0 radical (unpaired) electrons. The number of benzene rings is 2. The summed E-state index contributed by atoms with van der Waals surface area (Å²) in [6.07, 6.45) is 2.29. The topological polar surface area (TPSA) is 23.6 Å². The van der Waals surface area contributed by atoms with Crippen molar-refractivity contribution in [1.82, 2.24) is 4.90 Å². The molecule has 4 rings (SSSR count). The van der Waals surface area contributed by atoms with Crippen LogP contribution in [0.15, 0.2) is 36.4 Å². The molecule has 2 heterocycles. The lowest BCUT2D eigenvalue weighted by Gasteiger charge is -2.34. The fourth-order valence-electron chi connectivity index (χ4n) is 3.87. The van der Waals surface area contributed by atoms with Crippen LogP contribution in [0.4, 0.5) is 14.5 Å². The SMILES string of the molecule is O=C(CN1CCCc2cc(F)cc(F)c21)N1CCc2ccccc2C1. The molecule has 2 aromatic rings. The van der Waals surface area contributed by atoms with Gasteiger partial charge < -0.3 is 9.80 Å². The zero-order valence-electron chi connectivity index (χ0n) is 14.0. The molecule has 0 bridgehead atoms. The number of carbonyl (C=O) groups is 1. The maximum absolute atomic E-state index is 14.3. The van der Waals surface area contributed by atoms with E-state index in [2.05, 4.69) is 6.07 Å². The van der Waals surface area contributed by atoms with E-state index in [1.165, 1.54) is 17.2 Å². The number of halogens is 2. The summed E-state index contributed by atoms with van der Waals surface area (Å²) in [6.45, 7) is 2.04. The van der Waals surface area contributed by atoms with E-state index in [-0.39, 0.29) is 12.5 Å². The Balaban J connectivity index is 1.52. The second kappa shape index (κ2) is 6.47. The molecule has 0 atom stereocenters. The molecule has 0 spiro atoms. The summed E-state index contributed by atoms with van der Waals surface area (Å²) in [5.74, 6) is -1.14. The van der Waals surface area contributed by atoms with Crippen LogP contribution in [0.5, 0.6) is 0 Å². The third kappa shape index (κ3) is 3.11. The summed E-state index contributed by atoms with van der Waals surface area (Å²) in [6, 6.07) is 10.4. The Morgan fingerprint density at radius 1 is 1.00 bits per heavy atom. The number of aryl methyl sites for hydroxylation is 1. The first-order valence-corrected chi connectivity index (χ1v) is 8.69. The zero-order valence-corrected chi connectivity index (χ0v) is 14.0. The monoisotopic (exact) mass is 342 g/mol. The van der Waals surface area contributed by atoms with Gasteiger partial charge in [-0.3, -0.25) is 4.79 Å². The van der Waals surface area contributed by atoms with Crippen LogP contribution in [0.3, 0.4) is 0 Å². The first-order chi connectivity index (χ1) is 12.1. The maximum Gasteiger partial charge on any atom is 0.242 e. The molecule has 2 aliphatic heterocycles. The van der Waals surface area contributed by atoms with Crippen molar-refractivity contribution in [2.75, 3.05) is 24.5 Å². The minimum atomic E-state index is -0.577. The van der Waals surface area contributed by atoms with Crippen LogP contribution in [-0.4, -0.2) is 30.4 Å². The average molecular weight is 342 g/mol. The largest absolute Gasteiger partial charge is 0.360 e. The van der Waals surface area contributed by atoms with Crippen molar-refractivity contribution >= 4 is 11.6 Å². The maximum atomic E-state index is 14.3. The number of fused-ring (bicyclic) bond motifs is 2. The Morgan fingerprint density at radius 3 is 2.64 bits per heavy atom. The van der Waals surface area contributed by atoms with E-state index < -0.39 is 11.6 Å². The van der Waals surface area contributed by atoms with Crippen molar-refractivity contribution in [3.05, 3.63) is 64.7 Å². The van der Waals surface area contributed by atoms with Gasteiger partial charge in [-0.15, -0.1) is 0 Å². The van der Waals surface area contributed by atoms with E-state index in [1.54, 1.807) is 4.90 Å². The summed E-state index contributed by atoms with van der Waals surface area (Å²) >= 11 is 0. The van der Waals surface area contributed by atoms with E-state index in [1.807, 2.05) is 23.1 Å². The molecule has 0 saturated carbocycles.